The van der Waals surface area contributed by atoms with Crippen molar-refractivity contribution >= 4 is 31.4 Å². The van der Waals surface area contributed by atoms with Gasteiger partial charge in [0, 0.05) is 23.6 Å². The predicted octanol–water partition coefficient (Wildman–Crippen LogP) is 2.23. The Morgan fingerprint density at radius 1 is 0.885 bits per heavy atom. The molecule has 0 spiro atoms. The third kappa shape index (κ3) is 3.33. The highest BCUT2D eigenvalue weighted by atomic mass is 32.2. The molecule has 3 rings (SSSR count). The molecule has 26 heavy (non-hydrogen) atoms. The number of hydrogen-bond acceptors (Lipinski definition) is 5. The fourth-order valence-corrected chi connectivity index (χ4v) is 4.39. The van der Waals surface area contributed by atoms with Gasteiger partial charge in [0.2, 0.25) is 0 Å². The maximum atomic E-state index is 12.5. The molecule has 5 nitrogen and oxygen atoms in total. The molecule has 0 aliphatic rings. The molecule has 0 unspecified atom stereocenters. The summed E-state index contributed by atoms with van der Waals surface area (Å²) in [4.78, 5) is 0.333. The largest absolute Gasteiger partial charge is 0.394 e. The Morgan fingerprint density at radius 2 is 1.31 bits per heavy atom. The van der Waals surface area contributed by atoms with Crippen LogP contribution in [-0.4, -0.2) is 43.6 Å². The highest BCUT2D eigenvalue weighted by Gasteiger charge is 2.24. The molecule has 0 fully saturated rings. The first-order valence-corrected chi connectivity index (χ1v) is 10.3. The minimum Gasteiger partial charge on any atom is -0.394 e. The number of aliphatic hydroxyl groups excluding tert-OH is 2. The molecule has 0 atom stereocenters. The van der Waals surface area contributed by atoms with Crippen molar-refractivity contribution in [2.45, 2.75) is 23.9 Å². The van der Waals surface area contributed by atoms with E-state index in [0.717, 1.165) is 16.3 Å². The van der Waals surface area contributed by atoms with E-state index in [2.05, 4.69) is 5.32 Å². The second kappa shape index (κ2) is 6.96. The lowest BCUT2D eigenvalue weighted by Crippen LogP contribution is -2.48. The number of fused-ring (bicyclic) bond motifs is 2. The van der Waals surface area contributed by atoms with Crippen LogP contribution in [-0.2, 0) is 16.4 Å². The van der Waals surface area contributed by atoms with E-state index >= 15 is 0 Å². The standard InChI is InChI=1S/C20H23NO4S/c1-20(12-22,13-23)21-11-18-14-7-3-5-9-16(14)19(26(2,24)25)17-10-6-4-8-15(17)18/h3-10,21-23H,11-13H2,1-2H3. The van der Waals surface area contributed by atoms with E-state index in [-0.39, 0.29) is 13.2 Å². The molecule has 0 saturated carbocycles. The van der Waals surface area contributed by atoms with Gasteiger partial charge in [-0.15, -0.1) is 0 Å². The first-order valence-electron chi connectivity index (χ1n) is 8.40. The number of hydrogen-bond donors (Lipinski definition) is 3. The quantitative estimate of drug-likeness (QED) is 0.577. The lowest BCUT2D eigenvalue weighted by molar-refractivity contribution is 0.103. The van der Waals surface area contributed by atoms with E-state index in [0.29, 0.717) is 22.2 Å². The minimum atomic E-state index is -3.43. The van der Waals surface area contributed by atoms with E-state index in [4.69, 9.17) is 0 Å². The molecule has 0 aromatic heterocycles. The van der Waals surface area contributed by atoms with E-state index in [1.54, 1.807) is 6.92 Å². The van der Waals surface area contributed by atoms with Crippen molar-refractivity contribution in [1.29, 1.82) is 0 Å². The van der Waals surface area contributed by atoms with Crippen molar-refractivity contribution in [2.24, 2.45) is 0 Å². The Bertz CT molecular complexity index is 999. The second-order valence-corrected chi connectivity index (χ2v) is 8.85. The summed E-state index contributed by atoms with van der Waals surface area (Å²) in [5.41, 5.74) is 0.120. The van der Waals surface area contributed by atoms with Crippen molar-refractivity contribution in [3.63, 3.8) is 0 Å². The van der Waals surface area contributed by atoms with Gasteiger partial charge in [-0.2, -0.15) is 0 Å². The average Bonchev–Trinajstić information content (AvgIpc) is 2.63. The lowest BCUT2D eigenvalue weighted by Gasteiger charge is -2.27. The normalized spacial score (nSPS) is 12.8. The van der Waals surface area contributed by atoms with E-state index in [1.807, 2.05) is 48.5 Å². The second-order valence-electron chi connectivity index (χ2n) is 6.90. The highest BCUT2D eigenvalue weighted by Crippen LogP contribution is 2.35. The summed E-state index contributed by atoms with van der Waals surface area (Å²) >= 11 is 0. The van der Waals surface area contributed by atoms with Gasteiger partial charge in [0.05, 0.1) is 23.6 Å². The Morgan fingerprint density at radius 3 is 1.69 bits per heavy atom. The van der Waals surface area contributed by atoms with Crippen LogP contribution in [0, 0.1) is 0 Å². The van der Waals surface area contributed by atoms with Gasteiger partial charge in [0.1, 0.15) is 0 Å². The Labute approximate surface area is 153 Å². The zero-order chi connectivity index (χ0) is 18.9. The lowest BCUT2D eigenvalue weighted by atomic mass is 9.95. The molecule has 0 bridgehead atoms. The third-order valence-electron chi connectivity index (χ3n) is 4.75. The topological polar surface area (TPSA) is 86.6 Å². The van der Waals surface area contributed by atoms with Gasteiger partial charge >= 0.3 is 0 Å². The van der Waals surface area contributed by atoms with Gasteiger partial charge in [-0.1, -0.05) is 48.5 Å². The van der Waals surface area contributed by atoms with Crippen LogP contribution in [0.2, 0.25) is 0 Å². The Kier molecular flexibility index (Phi) is 5.03. The first-order chi connectivity index (χ1) is 12.3. The summed E-state index contributed by atoms with van der Waals surface area (Å²) in [5.74, 6) is 0. The summed E-state index contributed by atoms with van der Waals surface area (Å²) in [6, 6.07) is 14.9. The third-order valence-corrected chi connectivity index (χ3v) is 5.94. The molecule has 3 N–H and O–H groups in total. The van der Waals surface area contributed by atoms with Gasteiger partial charge in [-0.05, 0) is 23.3 Å². The minimum absolute atomic E-state index is 0.208. The molecule has 6 heteroatoms. The summed E-state index contributed by atoms with van der Waals surface area (Å²) in [5, 5.41) is 25.3. The van der Waals surface area contributed by atoms with Crippen LogP contribution in [0.3, 0.4) is 0 Å². The number of benzene rings is 3. The molecule has 3 aromatic carbocycles. The number of rotatable bonds is 6. The van der Waals surface area contributed by atoms with Gasteiger partial charge in [0.15, 0.2) is 9.84 Å². The number of sulfone groups is 1. The van der Waals surface area contributed by atoms with Gasteiger partial charge in [0.25, 0.3) is 0 Å². The van der Waals surface area contributed by atoms with Crippen LogP contribution in [0.5, 0.6) is 0 Å². The van der Waals surface area contributed by atoms with Crippen molar-refractivity contribution in [1.82, 2.24) is 5.32 Å². The van der Waals surface area contributed by atoms with Crippen LogP contribution in [0.4, 0.5) is 0 Å². The van der Waals surface area contributed by atoms with Gasteiger partial charge in [-0.25, -0.2) is 8.42 Å². The SMILES string of the molecule is CC(CO)(CO)NCc1c2ccccc2c(S(C)(=O)=O)c2ccccc12. The van der Waals surface area contributed by atoms with Crippen molar-refractivity contribution in [2.75, 3.05) is 19.5 Å². The zero-order valence-corrected chi connectivity index (χ0v) is 15.7. The van der Waals surface area contributed by atoms with E-state index in [1.165, 1.54) is 6.26 Å². The fraction of sp³-hybridized carbons (Fsp3) is 0.300. The Balaban J connectivity index is 2.32. The molecule has 0 heterocycles. The van der Waals surface area contributed by atoms with Crippen LogP contribution in [0.15, 0.2) is 53.4 Å². The molecule has 138 valence electrons. The number of nitrogens with one attached hydrogen (secondary N) is 1. The van der Waals surface area contributed by atoms with Crippen molar-refractivity contribution in [3.8, 4) is 0 Å². The molecular weight excluding hydrogens is 350 g/mol. The highest BCUT2D eigenvalue weighted by molar-refractivity contribution is 7.91. The smallest absolute Gasteiger partial charge is 0.176 e. The van der Waals surface area contributed by atoms with Crippen LogP contribution < -0.4 is 5.32 Å². The Hall–Kier alpha value is -1.99. The van der Waals surface area contributed by atoms with Crippen molar-refractivity contribution in [3.05, 3.63) is 54.1 Å². The molecule has 0 radical (unpaired) electrons. The predicted molar refractivity (Wildman–Crippen MR) is 104 cm³/mol. The van der Waals surface area contributed by atoms with Crippen molar-refractivity contribution < 1.29 is 18.6 Å². The summed E-state index contributed by atoms with van der Waals surface area (Å²) < 4.78 is 25.0. The fourth-order valence-electron chi connectivity index (χ4n) is 3.23. The molecule has 3 aromatic rings. The average molecular weight is 373 g/mol. The molecule has 0 aliphatic carbocycles. The van der Waals surface area contributed by atoms with E-state index in [9.17, 15) is 18.6 Å². The maximum Gasteiger partial charge on any atom is 0.176 e. The first kappa shape index (κ1) is 18.8. The molecular formula is C20H23NO4S. The van der Waals surface area contributed by atoms with Crippen LogP contribution >= 0.6 is 0 Å². The summed E-state index contributed by atoms with van der Waals surface area (Å²) in [6.45, 7) is 1.71. The van der Waals surface area contributed by atoms with Crippen LogP contribution in [0.1, 0.15) is 12.5 Å². The van der Waals surface area contributed by atoms with E-state index < -0.39 is 15.4 Å². The molecule has 0 saturated heterocycles. The zero-order valence-electron chi connectivity index (χ0n) is 14.9. The molecule has 0 aliphatic heterocycles. The van der Waals surface area contributed by atoms with Crippen LogP contribution in [0.25, 0.3) is 21.5 Å². The molecule has 0 amide bonds. The van der Waals surface area contributed by atoms with Gasteiger partial charge < -0.3 is 15.5 Å². The maximum absolute atomic E-state index is 12.5. The monoisotopic (exact) mass is 373 g/mol. The summed E-state index contributed by atoms with van der Waals surface area (Å²) in [7, 11) is -3.43. The van der Waals surface area contributed by atoms with Gasteiger partial charge in [-0.3, -0.25) is 0 Å². The summed E-state index contributed by atoms with van der Waals surface area (Å²) in [6.07, 6.45) is 1.23. The number of aliphatic hydroxyl groups is 2.